The summed E-state index contributed by atoms with van der Waals surface area (Å²) in [6.07, 6.45) is 0. The van der Waals surface area contributed by atoms with Gasteiger partial charge in [-0.25, -0.2) is 4.39 Å². The Hall–Kier alpha value is -2.56. The number of nitrogens with one attached hydrogen (secondary N) is 1. The van der Waals surface area contributed by atoms with Gasteiger partial charge < -0.3 is 16.2 Å². The van der Waals surface area contributed by atoms with Gasteiger partial charge in [-0.2, -0.15) is 0 Å². The highest BCUT2D eigenvalue weighted by atomic mass is 19.1. The fraction of sp³-hybridized carbons (Fsp3) is 0. The number of carbonyl (C=O) groups excluding carboxylic acids is 1. The van der Waals surface area contributed by atoms with Crippen LogP contribution in [0.2, 0.25) is 0 Å². The van der Waals surface area contributed by atoms with E-state index in [1.807, 2.05) is 0 Å². The van der Waals surface area contributed by atoms with Crippen molar-refractivity contribution >= 4 is 17.3 Å². The Kier molecular flexibility index (Phi) is 3.14. The second kappa shape index (κ2) is 4.75. The van der Waals surface area contributed by atoms with Crippen molar-refractivity contribution in [3.8, 4) is 5.75 Å². The van der Waals surface area contributed by atoms with Crippen molar-refractivity contribution < 1.29 is 14.3 Å². The predicted molar refractivity (Wildman–Crippen MR) is 66.9 cm³/mol. The number of hydrogen-bond acceptors (Lipinski definition) is 3. The van der Waals surface area contributed by atoms with Gasteiger partial charge in [0.15, 0.2) is 5.75 Å². The SMILES string of the molecule is Nc1cccc(C(=O)Nc2ccccc2F)c1O. The van der Waals surface area contributed by atoms with Crippen LogP contribution in [0.25, 0.3) is 0 Å². The summed E-state index contributed by atoms with van der Waals surface area (Å²) < 4.78 is 13.3. The third-order valence-electron chi connectivity index (χ3n) is 2.43. The molecular weight excluding hydrogens is 235 g/mol. The number of phenolic OH excluding ortho intramolecular Hbond substituents is 1. The Morgan fingerprint density at radius 1 is 1.17 bits per heavy atom. The average molecular weight is 246 g/mol. The topological polar surface area (TPSA) is 75.4 Å². The first-order valence-corrected chi connectivity index (χ1v) is 5.23. The normalized spacial score (nSPS) is 10.1. The molecule has 0 saturated heterocycles. The first kappa shape index (κ1) is 11.9. The van der Waals surface area contributed by atoms with E-state index < -0.39 is 11.7 Å². The van der Waals surface area contributed by atoms with E-state index in [4.69, 9.17) is 5.73 Å². The third-order valence-corrected chi connectivity index (χ3v) is 2.43. The zero-order valence-corrected chi connectivity index (χ0v) is 9.35. The summed E-state index contributed by atoms with van der Waals surface area (Å²) >= 11 is 0. The number of aromatic hydroxyl groups is 1. The van der Waals surface area contributed by atoms with Crippen LogP contribution in [0, 0.1) is 5.82 Å². The number of hydrogen-bond donors (Lipinski definition) is 3. The van der Waals surface area contributed by atoms with Crippen LogP contribution in [-0.2, 0) is 0 Å². The van der Waals surface area contributed by atoms with E-state index in [0.717, 1.165) is 0 Å². The summed E-state index contributed by atoms with van der Waals surface area (Å²) in [4.78, 5) is 11.8. The van der Waals surface area contributed by atoms with Crippen molar-refractivity contribution in [2.45, 2.75) is 0 Å². The lowest BCUT2D eigenvalue weighted by atomic mass is 10.1. The van der Waals surface area contributed by atoms with Gasteiger partial charge in [-0.3, -0.25) is 4.79 Å². The highest BCUT2D eigenvalue weighted by Crippen LogP contribution is 2.25. The lowest BCUT2D eigenvalue weighted by molar-refractivity contribution is 0.102. The highest BCUT2D eigenvalue weighted by Gasteiger charge is 2.14. The van der Waals surface area contributed by atoms with Crippen molar-refractivity contribution in [1.82, 2.24) is 0 Å². The molecule has 0 aromatic heterocycles. The number of phenols is 1. The molecule has 4 nitrogen and oxygen atoms in total. The van der Waals surface area contributed by atoms with Crippen LogP contribution < -0.4 is 11.1 Å². The summed E-state index contributed by atoms with van der Waals surface area (Å²) in [5.41, 5.74) is 5.62. The number of rotatable bonds is 2. The Morgan fingerprint density at radius 2 is 1.89 bits per heavy atom. The Balaban J connectivity index is 2.28. The van der Waals surface area contributed by atoms with Crippen molar-refractivity contribution in [2.24, 2.45) is 0 Å². The molecule has 0 heterocycles. The lowest BCUT2D eigenvalue weighted by Gasteiger charge is -2.08. The van der Waals surface area contributed by atoms with Crippen LogP contribution in [-0.4, -0.2) is 11.0 Å². The molecule has 2 rings (SSSR count). The fourth-order valence-electron chi connectivity index (χ4n) is 1.50. The molecule has 0 saturated carbocycles. The van der Waals surface area contributed by atoms with E-state index in [0.29, 0.717) is 0 Å². The number of benzene rings is 2. The number of amides is 1. The lowest BCUT2D eigenvalue weighted by Crippen LogP contribution is -2.13. The maximum Gasteiger partial charge on any atom is 0.259 e. The number of carbonyl (C=O) groups is 1. The second-order valence-corrected chi connectivity index (χ2v) is 3.68. The maximum absolute atomic E-state index is 13.3. The molecule has 18 heavy (non-hydrogen) atoms. The number of nitrogen functional groups attached to an aromatic ring is 1. The highest BCUT2D eigenvalue weighted by molar-refractivity contribution is 6.07. The molecule has 92 valence electrons. The van der Waals surface area contributed by atoms with Crippen LogP contribution in [0.15, 0.2) is 42.5 Å². The van der Waals surface area contributed by atoms with Crippen molar-refractivity contribution in [2.75, 3.05) is 11.1 Å². The van der Waals surface area contributed by atoms with E-state index in [9.17, 15) is 14.3 Å². The molecule has 0 aliphatic heterocycles. The summed E-state index contributed by atoms with van der Waals surface area (Å²) in [6.45, 7) is 0. The van der Waals surface area contributed by atoms with E-state index in [2.05, 4.69) is 5.32 Å². The van der Waals surface area contributed by atoms with Gasteiger partial charge in [-0.15, -0.1) is 0 Å². The molecule has 0 spiro atoms. The van der Waals surface area contributed by atoms with Gasteiger partial charge >= 0.3 is 0 Å². The molecule has 0 radical (unpaired) electrons. The molecule has 0 aliphatic carbocycles. The Labute approximate surface area is 103 Å². The van der Waals surface area contributed by atoms with Crippen LogP contribution >= 0.6 is 0 Å². The second-order valence-electron chi connectivity index (χ2n) is 3.68. The molecule has 0 atom stereocenters. The summed E-state index contributed by atoms with van der Waals surface area (Å²) in [6, 6.07) is 10.2. The van der Waals surface area contributed by atoms with Gasteiger partial charge in [0.25, 0.3) is 5.91 Å². The van der Waals surface area contributed by atoms with Gasteiger partial charge in [0.1, 0.15) is 5.82 Å². The standard InChI is InChI=1S/C13H11FN2O2/c14-9-5-1-2-7-11(9)16-13(18)8-4-3-6-10(15)12(8)17/h1-7,17H,15H2,(H,16,18). The fourth-order valence-corrected chi connectivity index (χ4v) is 1.50. The first-order valence-electron chi connectivity index (χ1n) is 5.23. The van der Waals surface area contributed by atoms with Crippen molar-refractivity contribution in [3.05, 3.63) is 53.8 Å². The van der Waals surface area contributed by atoms with E-state index in [-0.39, 0.29) is 22.7 Å². The maximum atomic E-state index is 13.3. The summed E-state index contributed by atoms with van der Waals surface area (Å²) in [7, 11) is 0. The summed E-state index contributed by atoms with van der Waals surface area (Å²) in [5.74, 6) is -1.48. The minimum absolute atomic E-state index is 0.00162. The van der Waals surface area contributed by atoms with Crippen LogP contribution in [0.1, 0.15) is 10.4 Å². The molecule has 0 bridgehead atoms. The van der Waals surface area contributed by atoms with Gasteiger partial charge in [0.05, 0.1) is 16.9 Å². The zero-order valence-electron chi connectivity index (χ0n) is 9.35. The molecule has 0 aliphatic rings. The number of nitrogens with two attached hydrogens (primary N) is 1. The molecule has 1 amide bonds. The zero-order chi connectivity index (χ0) is 13.1. The van der Waals surface area contributed by atoms with Gasteiger partial charge in [-0.1, -0.05) is 18.2 Å². The first-order chi connectivity index (χ1) is 8.59. The van der Waals surface area contributed by atoms with Crippen molar-refractivity contribution in [3.63, 3.8) is 0 Å². The molecular formula is C13H11FN2O2. The largest absolute Gasteiger partial charge is 0.505 e. The molecule has 5 heteroatoms. The van der Waals surface area contributed by atoms with Gasteiger partial charge in [0.2, 0.25) is 0 Å². The smallest absolute Gasteiger partial charge is 0.259 e. The minimum Gasteiger partial charge on any atom is -0.505 e. The molecule has 0 unspecified atom stereocenters. The number of halogens is 1. The molecule has 2 aromatic carbocycles. The van der Waals surface area contributed by atoms with E-state index >= 15 is 0 Å². The molecule has 4 N–H and O–H groups in total. The van der Waals surface area contributed by atoms with Crippen LogP contribution in [0.5, 0.6) is 5.75 Å². The third kappa shape index (κ3) is 2.24. The van der Waals surface area contributed by atoms with Gasteiger partial charge in [0, 0.05) is 0 Å². The average Bonchev–Trinajstić information content (AvgIpc) is 2.35. The van der Waals surface area contributed by atoms with E-state index in [1.54, 1.807) is 6.07 Å². The quantitative estimate of drug-likeness (QED) is 0.562. The van der Waals surface area contributed by atoms with Crippen LogP contribution in [0.3, 0.4) is 0 Å². The van der Waals surface area contributed by atoms with Crippen LogP contribution in [0.4, 0.5) is 15.8 Å². The number of anilines is 2. The Bertz CT molecular complexity index is 599. The minimum atomic E-state index is -0.620. The number of para-hydroxylation sites is 2. The predicted octanol–water partition coefficient (Wildman–Crippen LogP) is 2.37. The van der Waals surface area contributed by atoms with Crippen molar-refractivity contribution in [1.29, 1.82) is 0 Å². The Morgan fingerprint density at radius 3 is 2.61 bits per heavy atom. The van der Waals surface area contributed by atoms with Gasteiger partial charge in [-0.05, 0) is 24.3 Å². The monoisotopic (exact) mass is 246 g/mol. The molecule has 0 fully saturated rings. The molecule has 2 aromatic rings. The van der Waals surface area contributed by atoms with E-state index in [1.165, 1.54) is 36.4 Å². The summed E-state index contributed by atoms with van der Waals surface area (Å²) in [5, 5.41) is 12.0.